The molecule has 0 aromatic carbocycles. The van der Waals surface area contributed by atoms with E-state index in [0.717, 1.165) is 5.69 Å². The zero-order valence-corrected chi connectivity index (χ0v) is 8.15. The number of nitrogen functional groups attached to an aromatic ring is 1. The Bertz CT molecular complexity index is 390. The highest BCUT2D eigenvalue weighted by molar-refractivity contribution is 5.92. The summed E-state index contributed by atoms with van der Waals surface area (Å²) in [6.45, 7) is 3.83. The first-order valence-electron chi connectivity index (χ1n) is 4.57. The molecule has 4 heteroatoms. The molecule has 1 aromatic rings. The van der Waals surface area contributed by atoms with E-state index >= 15 is 0 Å². The number of rotatable bonds is 0. The summed E-state index contributed by atoms with van der Waals surface area (Å²) in [4.78, 5) is 15.6. The first-order chi connectivity index (χ1) is 6.59. The molecular formula is C10H12N2O2. The first-order valence-corrected chi connectivity index (χ1v) is 4.57. The SMILES string of the molecule is C[C@@H]1OC(=O)c2ccc(N)nc2[C@@H]1C. The Balaban J connectivity index is 2.56. The number of hydrogen-bond donors (Lipinski definition) is 1. The van der Waals surface area contributed by atoms with Crippen LogP contribution in [0.4, 0.5) is 5.82 Å². The summed E-state index contributed by atoms with van der Waals surface area (Å²) in [5.74, 6) is 0.238. The van der Waals surface area contributed by atoms with Crippen LogP contribution < -0.4 is 5.73 Å². The molecule has 0 unspecified atom stereocenters. The van der Waals surface area contributed by atoms with E-state index in [9.17, 15) is 4.79 Å². The molecule has 0 aliphatic carbocycles. The fourth-order valence-electron chi connectivity index (χ4n) is 1.57. The quantitative estimate of drug-likeness (QED) is 0.630. The summed E-state index contributed by atoms with van der Waals surface area (Å²) in [5, 5.41) is 0. The van der Waals surface area contributed by atoms with Crippen LogP contribution >= 0.6 is 0 Å². The predicted octanol–water partition coefficient (Wildman–Crippen LogP) is 1.33. The number of nitrogens with zero attached hydrogens (tertiary/aromatic N) is 1. The van der Waals surface area contributed by atoms with Crippen molar-refractivity contribution >= 4 is 11.8 Å². The summed E-state index contributed by atoms with van der Waals surface area (Å²) in [5.41, 5.74) is 6.85. The first kappa shape index (κ1) is 8.99. The number of carbonyl (C=O) groups excluding carboxylic acids is 1. The third-order valence-electron chi connectivity index (χ3n) is 2.59. The van der Waals surface area contributed by atoms with Gasteiger partial charge in [0.25, 0.3) is 0 Å². The summed E-state index contributed by atoms with van der Waals surface area (Å²) < 4.78 is 5.15. The number of carbonyl (C=O) groups is 1. The normalized spacial score (nSPS) is 25.4. The summed E-state index contributed by atoms with van der Waals surface area (Å²) in [7, 11) is 0. The Morgan fingerprint density at radius 3 is 2.86 bits per heavy atom. The van der Waals surface area contributed by atoms with E-state index in [1.807, 2.05) is 13.8 Å². The smallest absolute Gasteiger partial charge is 0.340 e. The van der Waals surface area contributed by atoms with Crippen LogP contribution in [0.5, 0.6) is 0 Å². The minimum absolute atomic E-state index is 0.103. The Kier molecular flexibility index (Phi) is 1.91. The zero-order valence-electron chi connectivity index (χ0n) is 8.15. The fourth-order valence-corrected chi connectivity index (χ4v) is 1.57. The molecule has 0 bridgehead atoms. The second kappa shape index (κ2) is 2.97. The lowest BCUT2D eigenvalue weighted by molar-refractivity contribution is 0.0235. The van der Waals surface area contributed by atoms with Crippen LogP contribution in [0.3, 0.4) is 0 Å². The fraction of sp³-hybridized carbons (Fsp3) is 0.400. The number of aromatic nitrogens is 1. The average molecular weight is 192 g/mol. The second-order valence-corrected chi connectivity index (χ2v) is 3.57. The number of esters is 1. The van der Waals surface area contributed by atoms with Crippen LogP contribution in [0.2, 0.25) is 0 Å². The molecule has 0 amide bonds. The summed E-state index contributed by atoms with van der Waals surface area (Å²) in [6.07, 6.45) is -0.135. The monoisotopic (exact) mass is 192 g/mol. The van der Waals surface area contributed by atoms with Crippen LogP contribution in [-0.2, 0) is 4.74 Å². The van der Waals surface area contributed by atoms with Gasteiger partial charge in [-0.25, -0.2) is 9.78 Å². The van der Waals surface area contributed by atoms with E-state index in [0.29, 0.717) is 11.4 Å². The molecule has 2 rings (SSSR count). The molecule has 0 saturated carbocycles. The highest BCUT2D eigenvalue weighted by Crippen LogP contribution is 2.29. The summed E-state index contributed by atoms with van der Waals surface area (Å²) >= 11 is 0. The largest absolute Gasteiger partial charge is 0.458 e. The maximum absolute atomic E-state index is 11.4. The number of pyridine rings is 1. The minimum atomic E-state index is -0.307. The number of fused-ring (bicyclic) bond motifs is 1. The lowest BCUT2D eigenvalue weighted by Gasteiger charge is -2.27. The molecule has 0 fully saturated rings. The second-order valence-electron chi connectivity index (χ2n) is 3.57. The van der Waals surface area contributed by atoms with Gasteiger partial charge >= 0.3 is 5.97 Å². The van der Waals surface area contributed by atoms with Crippen LogP contribution in [0, 0.1) is 0 Å². The van der Waals surface area contributed by atoms with Gasteiger partial charge in [-0.15, -0.1) is 0 Å². The molecular weight excluding hydrogens is 180 g/mol. The Morgan fingerprint density at radius 1 is 1.43 bits per heavy atom. The van der Waals surface area contributed by atoms with Crippen molar-refractivity contribution in [1.82, 2.24) is 4.98 Å². The van der Waals surface area contributed by atoms with Crippen molar-refractivity contribution in [2.45, 2.75) is 25.9 Å². The van der Waals surface area contributed by atoms with Crippen molar-refractivity contribution in [3.05, 3.63) is 23.4 Å². The predicted molar refractivity (Wildman–Crippen MR) is 51.9 cm³/mol. The molecule has 0 radical (unpaired) electrons. The Labute approximate surface area is 82.1 Å². The van der Waals surface area contributed by atoms with Crippen LogP contribution in [-0.4, -0.2) is 17.1 Å². The lowest BCUT2D eigenvalue weighted by Crippen LogP contribution is -2.29. The molecule has 14 heavy (non-hydrogen) atoms. The van der Waals surface area contributed by atoms with Crippen LogP contribution in [0.15, 0.2) is 12.1 Å². The molecule has 2 heterocycles. The van der Waals surface area contributed by atoms with Crippen molar-refractivity contribution < 1.29 is 9.53 Å². The van der Waals surface area contributed by atoms with E-state index in [1.165, 1.54) is 0 Å². The van der Waals surface area contributed by atoms with E-state index in [1.54, 1.807) is 12.1 Å². The summed E-state index contributed by atoms with van der Waals surface area (Å²) in [6, 6.07) is 3.28. The van der Waals surface area contributed by atoms with Crippen LogP contribution in [0.1, 0.15) is 35.8 Å². The molecule has 0 spiro atoms. The van der Waals surface area contributed by atoms with Gasteiger partial charge in [-0.1, -0.05) is 6.92 Å². The van der Waals surface area contributed by atoms with Crippen LogP contribution in [0.25, 0.3) is 0 Å². The number of hydrogen-bond acceptors (Lipinski definition) is 4. The minimum Gasteiger partial charge on any atom is -0.458 e. The van der Waals surface area contributed by atoms with Gasteiger partial charge in [-0.2, -0.15) is 0 Å². The lowest BCUT2D eigenvalue weighted by atomic mass is 9.94. The van der Waals surface area contributed by atoms with Gasteiger partial charge < -0.3 is 10.5 Å². The van der Waals surface area contributed by atoms with E-state index in [4.69, 9.17) is 10.5 Å². The van der Waals surface area contributed by atoms with Gasteiger partial charge in [0, 0.05) is 5.92 Å². The third-order valence-corrected chi connectivity index (χ3v) is 2.59. The number of cyclic esters (lactones) is 1. The Hall–Kier alpha value is -1.58. The molecule has 1 aromatic heterocycles. The molecule has 2 atom stereocenters. The molecule has 4 nitrogen and oxygen atoms in total. The van der Waals surface area contributed by atoms with Gasteiger partial charge in [0.15, 0.2) is 0 Å². The van der Waals surface area contributed by atoms with Crippen molar-refractivity contribution in [3.8, 4) is 0 Å². The van der Waals surface area contributed by atoms with Crippen molar-refractivity contribution in [2.24, 2.45) is 0 Å². The van der Waals surface area contributed by atoms with Gasteiger partial charge in [-0.3, -0.25) is 0 Å². The van der Waals surface area contributed by atoms with Gasteiger partial charge in [0.05, 0.1) is 11.3 Å². The van der Waals surface area contributed by atoms with Crippen molar-refractivity contribution in [2.75, 3.05) is 5.73 Å². The van der Waals surface area contributed by atoms with Crippen molar-refractivity contribution in [1.29, 1.82) is 0 Å². The maximum atomic E-state index is 11.4. The maximum Gasteiger partial charge on any atom is 0.340 e. The van der Waals surface area contributed by atoms with E-state index in [-0.39, 0.29) is 18.0 Å². The number of anilines is 1. The zero-order chi connectivity index (χ0) is 10.3. The number of ether oxygens (including phenoxy) is 1. The van der Waals surface area contributed by atoms with Gasteiger partial charge in [-0.05, 0) is 19.1 Å². The van der Waals surface area contributed by atoms with E-state index in [2.05, 4.69) is 4.98 Å². The highest BCUT2D eigenvalue weighted by atomic mass is 16.5. The molecule has 2 N–H and O–H groups in total. The van der Waals surface area contributed by atoms with Gasteiger partial charge in [0.2, 0.25) is 0 Å². The van der Waals surface area contributed by atoms with Crippen molar-refractivity contribution in [3.63, 3.8) is 0 Å². The third kappa shape index (κ3) is 1.23. The average Bonchev–Trinajstić information content (AvgIpc) is 2.14. The molecule has 74 valence electrons. The molecule has 0 saturated heterocycles. The van der Waals surface area contributed by atoms with E-state index < -0.39 is 0 Å². The van der Waals surface area contributed by atoms with Gasteiger partial charge in [0.1, 0.15) is 11.9 Å². The Morgan fingerprint density at radius 2 is 2.14 bits per heavy atom. The highest BCUT2D eigenvalue weighted by Gasteiger charge is 2.31. The number of nitrogens with two attached hydrogens (primary N) is 1. The standard InChI is InChI=1S/C10H12N2O2/c1-5-6(2)14-10(13)7-3-4-8(11)12-9(5)7/h3-6H,1-2H3,(H2,11,12)/t5-,6+/m1/s1. The molecule has 1 aliphatic heterocycles. The topological polar surface area (TPSA) is 65.2 Å². The molecule has 1 aliphatic rings.